The summed E-state index contributed by atoms with van der Waals surface area (Å²) < 4.78 is 5.94. The van der Waals surface area contributed by atoms with E-state index in [-0.39, 0.29) is 11.3 Å². The molecular formula is C19H24ClNO3. The summed E-state index contributed by atoms with van der Waals surface area (Å²) in [7, 11) is 0. The van der Waals surface area contributed by atoms with Crippen LogP contribution in [-0.2, 0) is 14.9 Å². The Balaban J connectivity index is 1.46. The van der Waals surface area contributed by atoms with Crippen LogP contribution in [0.25, 0.3) is 0 Å². The zero-order valence-corrected chi connectivity index (χ0v) is 14.6. The fourth-order valence-corrected chi connectivity index (χ4v) is 4.43. The normalized spacial score (nSPS) is 27.9. The predicted octanol–water partition coefficient (Wildman–Crippen LogP) is 2.90. The number of piperidine rings is 1. The van der Waals surface area contributed by atoms with Gasteiger partial charge in [0, 0.05) is 24.7 Å². The number of amides is 1. The summed E-state index contributed by atoms with van der Waals surface area (Å²) in [5.41, 5.74) is 0.304. The number of carbonyl (C=O) groups excluding carboxylic acids is 1. The number of carbonyl (C=O) groups is 1. The zero-order valence-electron chi connectivity index (χ0n) is 13.8. The fourth-order valence-electron chi connectivity index (χ4n) is 4.30. The van der Waals surface area contributed by atoms with Crippen LogP contribution in [-0.4, -0.2) is 47.3 Å². The monoisotopic (exact) mass is 349 g/mol. The lowest BCUT2D eigenvalue weighted by molar-refractivity contribution is -0.180. The Morgan fingerprint density at radius 3 is 2.42 bits per heavy atom. The molecule has 0 radical (unpaired) electrons. The van der Waals surface area contributed by atoms with Crippen molar-refractivity contribution >= 4 is 17.5 Å². The quantitative estimate of drug-likeness (QED) is 0.893. The predicted molar refractivity (Wildman–Crippen MR) is 92.1 cm³/mol. The first-order valence-corrected chi connectivity index (χ1v) is 9.31. The molecule has 2 saturated heterocycles. The summed E-state index contributed by atoms with van der Waals surface area (Å²) in [4.78, 5) is 15.1. The van der Waals surface area contributed by atoms with Crippen LogP contribution in [0.15, 0.2) is 24.3 Å². The Bertz CT molecular complexity index is 618. The molecular weight excluding hydrogens is 326 g/mol. The smallest absolute Gasteiger partial charge is 0.233 e. The van der Waals surface area contributed by atoms with Crippen molar-refractivity contribution in [2.75, 3.05) is 19.7 Å². The number of benzene rings is 1. The van der Waals surface area contributed by atoms with Crippen molar-refractivity contribution < 1.29 is 14.6 Å². The minimum Gasteiger partial charge on any atom is -0.390 e. The zero-order chi connectivity index (χ0) is 16.8. The van der Waals surface area contributed by atoms with E-state index < -0.39 is 11.7 Å². The molecule has 24 heavy (non-hydrogen) atoms. The Kier molecular flexibility index (Phi) is 4.10. The maximum atomic E-state index is 13.1. The number of aliphatic hydroxyl groups excluding tert-OH is 1. The van der Waals surface area contributed by atoms with Gasteiger partial charge in [0.15, 0.2) is 0 Å². The number of hydrogen-bond acceptors (Lipinski definition) is 3. The molecule has 0 unspecified atom stereocenters. The van der Waals surface area contributed by atoms with Gasteiger partial charge in [-0.05, 0) is 56.2 Å². The fraction of sp³-hybridized carbons (Fsp3) is 0.632. The first-order valence-electron chi connectivity index (χ1n) is 8.93. The summed E-state index contributed by atoms with van der Waals surface area (Å²) >= 11 is 5.97. The number of ether oxygens (including phenoxy) is 1. The van der Waals surface area contributed by atoms with Crippen LogP contribution < -0.4 is 0 Å². The highest BCUT2D eigenvalue weighted by atomic mass is 35.5. The van der Waals surface area contributed by atoms with Crippen molar-refractivity contribution in [1.82, 2.24) is 4.90 Å². The number of rotatable bonds is 2. The number of hydrogen-bond donors (Lipinski definition) is 1. The molecule has 1 aliphatic carbocycles. The number of nitrogens with zero attached hydrogens (tertiary/aromatic N) is 1. The number of halogens is 1. The average molecular weight is 350 g/mol. The largest absolute Gasteiger partial charge is 0.390 e. The molecule has 3 fully saturated rings. The lowest BCUT2D eigenvalue weighted by Crippen LogP contribution is -2.57. The third-order valence-corrected chi connectivity index (χ3v) is 6.32. The van der Waals surface area contributed by atoms with Crippen LogP contribution in [0, 0.1) is 0 Å². The van der Waals surface area contributed by atoms with Crippen LogP contribution >= 0.6 is 11.6 Å². The second-order valence-corrected chi connectivity index (χ2v) is 7.89. The molecule has 2 heterocycles. The highest BCUT2D eigenvalue weighted by Crippen LogP contribution is 2.50. The van der Waals surface area contributed by atoms with Crippen molar-refractivity contribution in [3.8, 4) is 0 Å². The van der Waals surface area contributed by atoms with E-state index in [1.807, 2.05) is 29.2 Å². The van der Waals surface area contributed by atoms with E-state index in [0.717, 1.165) is 50.7 Å². The van der Waals surface area contributed by atoms with Crippen LogP contribution in [0.1, 0.15) is 44.1 Å². The van der Waals surface area contributed by atoms with Gasteiger partial charge in [-0.3, -0.25) is 4.79 Å². The van der Waals surface area contributed by atoms with Crippen LogP contribution in [0.2, 0.25) is 5.02 Å². The molecule has 1 aromatic carbocycles. The van der Waals surface area contributed by atoms with E-state index in [2.05, 4.69) is 0 Å². The summed E-state index contributed by atoms with van der Waals surface area (Å²) in [5.74, 6) is 0.227. The summed E-state index contributed by atoms with van der Waals surface area (Å²) in [5, 5.41) is 11.0. The lowest BCUT2D eigenvalue weighted by atomic mass is 9.81. The molecule has 4 rings (SSSR count). The van der Waals surface area contributed by atoms with E-state index >= 15 is 0 Å². The Morgan fingerprint density at radius 1 is 1.17 bits per heavy atom. The van der Waals surface area contributed by atoms with Crippen molar-refractivity contribution in [2.45, 2.75) is 55.6 Å². The van der Waals surface area contributed by atoms with Gasteiger partial charge in [0.1, 0.15) is 0 Å². The molecule has 1 atom stereocenters. The second kappa shape index (κ2) is 6.01. The van der Waals surface area contributed by atoms with Gasteiger partial charge in [-0.2, -0.15) is 0 Å². The average Bonchev–Trinajstić information content (AvgIpc) is 3.40. The highest BCUT2D eigenvalue weighted by molar-refractivity contribution is 6.30. The Morgan fingerprint density at radius 2 is 1.83 bits per heavy atom. The lowest BCUT2D eigenvalue weighted by Gasteiger charge is -2.47. The van der Waals surface area contributed by atoms with Crippen molar-refractivity contribution in [2.24, 2.45) is 0 Å². The molecule has 0 bridgehead atoms. The Labute approximate surface area is 147 Å². The maximum Gasteiger partial charge on any atom is 0.233 e. The second-order valence-electron chi connectivity index (χ2n) is 7.45. The van der Waals surface area contributed by atoms with Crippen LogP contribution in [0.3, 0.4) is 0 Å². The van der Waals surface area contributed by atoms with Crippen LogP contribution in [0.5, 0.6) is 0 Å². The highest BCUT2D eigenvalue weighted by Gasteiger charge is 2.54. The molecule has 1 aromatic rings. The minimum absolute atomic E-state index is 0.227. The van der Waals surface area contributed by atoms with E-state index in [0.29, 0.717) is 18.1 Å². The molecule has 5 heteroatoms. The van der Waals surface area contributed by atoms with Gasteiger partial charge in [-0.15, -0.1) is 0 Å². The van der Waals surface area contributed by atoms with Gasteiger partial charge in [0.2, 0.25) is 5.91 Å². The van der Waals surface area contributed by atoms with Crippen molar-refractivity contribution in [3.05, 3.63) is 34.9 Å². The molecule has 130 valence electrons. The van der Waals surface area contributed by atoms with Gasteiger partial charge >= 0.3 is 0 Å². The van der Waals surface area contributed by atoms with Gasteiger partial charge in [0.25, 0.3) is 0 Å². The SMILES string of the molecule is O=C(N1CCC2(CC1)OCCC[C@@H]2O)C1(c2ccc(Cl)cc2)CC1. The Hall–Kier alpha value is -1.10. The molecule has 1 N–H and O–H groups in total. The number of likely N-dealkylation sites (tertiary alicyclic amines) is 1. The van der Waals surface area contributed by atoms with E-state index in [1.165, 1.54) is 0 Å². The van der Waals surface area contributed by atoms with E-state index in [9.17, 15) is 9.90 Å². The van der Waals surface area contributed by atoms with E-state index in [4.69, 9.17) is 16.3 Å². The number of aliphatic hydroxyl groups is 1. The van der Waals surface area contributed by atoms with Crippen molar-refractivity contribution in [3.63, 3.8) is 0 Å². The molecule has 1 spiro atoms. The first-order chi connectivity index (χ1) is 11.6. The standard InChI is InChI=1S/C19H24ClNO3/c20-15-5-3-14(4-6-15)18(7-8-18)17(23)21-11-9-19(10-12-21)16(22)2-1-13-24-19/h3-6,16,22H,1-2,7-13H2/t16-/m0/s1. The topological polar surface area (TPSA) is 49.8 Å². The summed E-state index contributed by atoms with van der Waals surface area (Å²) in [6, 6.07) is 7.68. The molecule has 2 aliphatic heterocycles. The third kappa shape index (κ3) is 2.65. The van der Waals surface area contributed by atoms with Gasteiger partial charge in [-0.25, -0.2) is 0 Å². The molecule has 1 saturated carbocycles. The summed E-state index contributed by atoms with van der Waals surface area (Å²) in [6.45, 7) is 2.07. The van der Waals surface area contributed by atoms with Crippen molar-refractivity contribution in [1.29, 1.82) is 0 Å². The molecule has 0 aromatic heterocycles. The maximum absolute atomic E-state index is 13.1. The molecule has 1 amide bonds. The van der Waals surface area contributed by atoms with Crippen LogP contribution in [0.4, 0.5) is 0 Å². The van der Waals surface area contributed by atoms with Gasteiger partial charge < -0.3 is 14.7 Å². The van der Waals surface area contributed by atoms with Gasteiger partial charge in [-0.1, -0.05) is 23.7 Å². The first kappa shape index (κ1) is 16.4. The van der Waals surface area contributed by atoms with E-state index in [1.54, 1.807) is 0 Å². The molecule has 3 aliphatic rings. The summed E-state index contributed by atoms with van der Waals surface area (Å²) in [6.07, 6.45) is 4.62. The third-order valence-electron chi connectivity index (χ3n) is 6.07. The van der Waals surface area contributed by atoms with Gasteiger partial charge in [0.05, 0.1) is 17.1 Å². The minimum atomic E-state index is -0.425. The molecule has 4 nitrogen and oxygen atoms in total.